The van der Waals surface area contributed by atoms with Gasteiger partial charge in [-0.05, 0) is 37.0 Å². The summed E-state index contributed by atoms with van der Waals surface area (Å²) < 4.78 is 0. The number of hydrogen-bond acceptors (Lipinski definition) is 2. The predicted molar refractivity (Wildman–Crippen MR) is 78.8 cm³/mol. The second kappa shape index (κ2) is 5.55. The van der Waals surface area contributed by atoms with Crippen LogP contribution >= 0.6 is 11.8 Å². The van der Waals surface area contributed by atoms with Gasteiger partial charge in [-0.3, -0.25) is 4.99 Å². The van der Waals surface area contributed by atoms with Gasteiger partial charge >= 0.3 is 0 Å². The molecular weight excluding hydrogens is 242 g/mol. The molecule has 1 saturated heterocycles. The highest BCUT2D eigenvalue weighted by Crippen LogP contribution is 2.44. The topological polar surface area (TPSA) is 41.6 Å². The van der Waals surface area contributed by atoms with Gasteiger partial charge in [0.1, 0.15) is 0 Å². The zero-order chi connectivity index (χ0) is 12.4. The van der Waals surface area contributed by atoms with Crippen molar-refractivity contribution in [2.24, 2.45) is 28.5 Å². The molecule has 1 aliphatic heterocycles. The Hall–Kier alpha value is -0.640. The molecule has 2 N–H and O–H groups in total. The number of guanidine groups is 1. The summed E-state index contributed by atoms with van der Waals surface area (Å²) in [4.78, 5) is 6.82. The third-order valence-electron chi connectivity index (χ3n) is 4.53. The van der Waals surface area contributed by atoms with Crippen molar-refractivity contribution >= 4 is 17.7 Å². The summed E-state index contributed by atoms with van der Waals surface area (Å²) >= 11 is 2.01. The molecule has 1 heterocycles. The van der Waals surface area contributed by atoms with Gasteiger partial charge in [0.2, 0.25) is 0 Å². The van der Waals surface area contributed by atoms with Crippen LogP contribution in [0.4, 0.5) is 0 Å². The van der Waals surface area contributed by atoms with E-state index in [0.717, 1.165) is 43.3 Å². The average molecular weight is 265 g/mol. The molecule has 0 aromatic rings. The van der Waals surface area contributed by atoms with Gasteiger partial charge in [0.05, 0.1) is 0 Å². The van der Waals surface area contributed by atoms with Crippen molar-refractivity contribution in [2.75, 3.05) is 31.1 Å². The zero-order valence-corrected chi connectivity index (χ0v) is 11.7. The zero-order valence-electron chi connectivity index (χ0n) is 10.9. The molecular formula is C14H23N3S. The lowest BCUT2D eigenvalue weighted by Crippen LogP contribution is -2.42. The van der Waals surface area contributed by atoms with Gasteiger partial charge in [-0.15, -0.1) is 0 Å². The Kier molecular flexibility index (Phi) is 3.83. The van der Waals surface area contributed by atoms with E-state index in [9.17, 15) is 0 Å². The fourth-order valence-electron chi connectivity index (χ4n) is 3.46. The molecule has 3 aliphatic rings. The van der Waals surface area contributed by atoms with Crippen LogP contribution in [0.5, 0.6) is 0 Å². The number of nitrogens with zero attached hydrogens (tertiary/aromatic N) is 2. The number of allylic oxidation sites excluding steroid dienone is 2. The first-order chi connectivity index (χ1) is 8.83. The summed E-state index contributed by atoms with van der Waals surface area (Å²) in [5.74, 6) is 5.74. The van der Waals surface area contributed by atoms with E-state index in [1.165, 1.54) is 30.8 Å². The van der Waals surface area contributed by atoms with Gasteiger partial charge in [0, 0.05) is 31.1 Å². The van der Waals surface area contributed by atoms with Gasteiger partial charge in [0.25, 0.3) is 0 Å². The van der Waals surface area contributed by atoms with E-state index < -0.39 is 0 Å². The third-order valence-corrected chi connectivity index (χ3v) is 5.47. The molecule has 4 heteroatoms. The van der Waals surface area contributed by atoms with E-state index in [1.807, 2.05) is 11.8 Å². The summed E-state index contributed by atoms with van der Waals surface area (Å²) in [5, 5.41) is 0. The largest absolute Gasteiger partial charge is 0.370 e. The number of hydrogen-bond donors (Lipinski definition) is 1. The van der Waals surface area contributed by atoms with E-state index >= 15 is 0 Å². The highest BCUT2D eigenvalue weighted by Gasteiger charge is 2.34. The van der Waals surface area contributed by atoms with Crippen molar-refractivity contribution < 1.29 is 0 Å². The van der Waals surface area contributed by atoms with Gasteiger partial charge in [0.15, 0.2) is 5.96 Å². The normalized spacial score (nSPS) is 35.4. The molecule has 100 valence electrons. The Morgan fingerprint density at radius 1 is 1.28 bits per heavy atom. The first kappa shape index (κ1) is 12.4. The average Bonchev–Trinajstić information content (AvgIpc) is 3.02. The van der Waals surface area contributed by atoms with Crippen LogP contribution in [0.2, 0.25) is 0 Å². The molecule has 0 aromatic carbocycles. The molecule has 1 unspecified atom stereocenters. The lowest BCUT2D eigenvalue weighted by atomic mass is 9.91. The fraction of sp³-hybridized carbons (Fsp3) is 0.786. The summed E-state index contributed by atoms with van der Waals surface area (Å²) in [6, 6.07) is 0. The molecule has 0 amide bonds. The van der Waals surface area contributed by atoms with Gasteiger partial charge in [-0.1, -0.05) is 12.2 Å². The maximum absolute atomic E-state index is 6.06. The third kappa shape index (κ3) is 2.68. The Morgan fingerprint density at radius 3 is 2.78 bits per heavy atom. The number of rotatable bonds is 3. The molecule has 3 nitrogen and oxygen atoms in total. The van der Waals surface area contributed by atoms with Crippen LogP contribution in [-0.2, 0) is 0 Å². The minimum absolute atomic E-state index is 0.772. The summed E-state index contributed by atoms with van der Waals surface area (Å²) in [6.45, 7) is 3.05. The quantitative estimate of drug-likeness (QED) is 0.482. The van der Waals surface area contributed by atoms with E-state index in [4.69, 9.17) is 5.73 Å². The molecule has 3 atom stereocenters. The highest BCUT2D eigenvalue weighted by atomic mass is 32.2. The molecule has 2 fully saturated rings. The van der Waals surface area contributed by atoms with Crippen LogP contribution in [-0.4, -0.2) is 42.0 Å². The summed E-state index contributed by atoms with van der Waals surface area (Å²) in [5.41, 5.74) is 6.06. The number of aliphatic imine (C=N–C) groups is 1. The number of nitrogens with two attached hydrogens (primary N) is 1. The molecule has 0 radical (unpaired) electrons. The molecule has 2 aliphatic carbocycles. The van der Waals surface area contributed by atoms with Crippen LogP contribution in [0.25, 0.3) is 0 Å². The van der Waals surface area contributed by atoms with E-state index in [1.54, 1.807) is 0 Å². The fourth-order valence-corrected chi connectivity index (χ4v) is 4.37. The van der Waals surface area contributed by atoms with Crippen LogP contribution in [0, 0.1) is 17.8 Å². The second-order valence-electron chi connectivity index (χ2n) is 5.67. The maximum Gasteiger partial charge on any atom is 0.191 e. The Balaban J connectivity index is 1.44. The summed E-state index contributed by atoms with van der Waals surface area (Å²) in [6.07, 6.45) is 8.83. The van der Waals surface area contributed by atoms with Crippen molar-refractivity contribution in [2.45, 2.75) is 19.3 Å². The SMILES string of the molecule is NC(=NCCC1C[C@@H]2C=C[C@H]1C2)N1CCSCC1. The molecule has 1 saturated carbocycles. The van der Waals surface area contributed by atoms with Gasteiger partial charge in [-0.2, -0.15) is 11.8 Å². The molecule has 18 heavy (non-hydrogen) atoms. The lowest BCUT2D eigenvalue weighted by Gasteiger charge is -2.27. The van der Waals surface area contributed by atoms with Crippen LogP contribution in [0.3, 0.4) is 0 Å². The summed E-state index contributed by atoms with van der Waals surface area (Å²) in [7, 11) is 0. The highest BCUT2D eigenvalue weighted by molar-refractivity contribution is 7.99. The molecule has 0 aromatic heterocycles. The molecule has 2 bridgehead atoms. The first-order valence-corrected chi connectivity index (χ1v) is 8.29. The standard InChI is InChI=1S/C14H23N3S/c15-14(17-5-7-18-8-6-17)16-4-3-13-10-11-1-2-12(13)9-11/h1-2,11-13H,3-10H2,(H2,15,16)/t11-,12+,13?/m1/s1. The second-order valence-corrected chi connectivity index (χ2v) is 6.89. The Bertz CT molecular complexity index is 347. The van der Waals surface area contributed by atoms with Gasteiger partial charge in [-0.25, -0.2) is 0 Å². The van der Waals surface area contributed by atoms with Crippen molar-refractivity contribution in [3.05, 3.63) is 12.2 Å². The molecule has 3 rings (SSSR count). The van der Waals surface area contributed by atoms with Crippen LogP contribution < -0.4 is 5.73 Å². The number of fused-ring (bicyclic) bond motifs is 2. The monoisotopic (exact) mass is 265 g/mol. The van der Waals surface area contributed by atoms with E-state index in [0.29, 0.717) is 0 Å². The first-order valence-electron chi connectivity index (χ1n) is 7.14. The van der Waals surface area contributed by atoms with Crippen molar-refractivity contribution in [1.29, 1.82) is 0 Å². The minimum Gasteiger partial charge on any atom is -0.370 e. The lowest BCUT2D eigenvalue weighted by molar-refractivity contribution is 0.417. The minimum atomic E-state index is 0.772. The van der Waals surface area contributed by atoms with E-state index in [2.05, 4.69) is 22.0 Å². The predicted octanol–water partition coefficient (Wildman–Crippen LogP) is 1.95. The van der Waals surface area contributed by atoms with Crippen LogP contribution in [0.1, 0.15) is 19.3 Å². The van der Waals surface area contributed by atoms with Crippen molar-refractivity contribution in [1.82, 2.24) is 4.90 Å². The van der Waals surface area contributed by atoms with Crippen LogP contribution in [0.15, 0.2) is 17.1 Å². The smallest absolute Gasteiger partial charge is 0.191 e. The number of thioether (sulfide) groups is 1. The van der Waals surface area contributed by atoms with Crippen molar-refractivity contribution in [3.8, 4) is 0 Å². The Morgan fingerprint density at radius 2 is 2.11 bits per heavy atom. The maximum atomic E-state index is 6.06. The van der Waals surface area contributed by atoms with Gasteiger partial charge < -0.3 is 10.6 Å². The van der Waals surface area contributed by atoms with E-state index in [-0.39, 0.29) is 0 Å². The molecule has 0 spiro atoms. The Labute approximate surface area is 114 Å². The van der Waals surface area contributed by atoms with Crippen molar-refractivity contribution in [3.63, 3.8) is 0 Å².